The fourth-order valence-electron chi connectivity index (χ4n) is 2.00. The molecule has 2 unspecified atom stereocenters. The molecule has 0 aliphatic carbocycles. The van der Waals surface area contributed by atoms with Crippen LogP contribution >= 0.6 is 0 Å². The maximum atomic E-state index is 10.3. The first-order valence-electron chi connectivity index (χ1n) is 5.35. The number of hydrogen-bond acceptors (Lipinski definition) is 3. The zero-order chi connectivity index (χ0) is 9.73. The number of likely N-dealkylation sites (N-methyl/N-ethyl adjacent to an activating group) is 1. The summed E-state index contributed by atoms with van der Waals surface area (Å²) in [6.45, 7) is 7.06. The predicted molar refractivity (Wildman–Crippen MR) is 54.8 cm³/mol. The highest BCUT2D eigenvalue weighted by molar-refractivity contribution is 4.90. The smallest absolute Gasteiger partial charge is 0.0809 e. The molecule has 1 heterocycles. The van der Waals surface area contributed by atoms with E-state index in [0.29, 0.717) is 0 Å². The SMILES string of the molecule is CCNC(C)C1(O)CCCNCC1. The minimum absolute atomic E-state index is 0.206. The van der Waals surface area contributed by atoms with Crippen LogP contribution in [-0.2, 0) is 0 Å². The Kier molecular flexibility index (Phi) is 4.16. The topological polar surface area (TPSA) is 44.3 Å². The van der Waals surface area contributed by atoms with Gasteiger partial charge in [0, 0.05) is 6.04 Å². The summed E-state index contributed by atoms with van der Waals surface area (Å²) in [7, 11) is 0. The normalized spacial score (nSPS) is 32.5. The number of hydrogen-bond donors (Lipinski definition) is 3. The molecule has 1 rings (SSSR count). The average Bonchev–Trinajstić information content (AvgIpc) is 2.32. The number of nitrogens with one attached hydrogen (secondary N) is 2. The molecule has 78 valence electrons. The van der Waals surface area contributed by atoms with Crippen molar-refractivity contribution in [2.24, 2.45) is 0 Å². The highest BCUT2D eigenvalue weighted by Gasteiger charge is 2.33. The van der Waals surface area contributed by atoms with Crippen LogP contribution in [0, 0.1) is 0 Å². The van der Waals surface area contributed by atoms with Gasteiger partial charge in [0.25, 0.3) is 0 Å². The van der Waals surface area contributed by atoms with Gasteiger partial charge in [0.15, 0.2) is 0 Å². The summed E-state index contributed by atoms with van der Waals surface area (Å²) < 4.78 is 0. The Balaban J connectivity index is 2.49. The first-order chi connectivity index (χ1) is 6.19. The van der Waals surface area contributed by atoms with Crippen molar-refractivity contribution in [2.75, 3.05) is 19.6 Å². The molecule has 2 atom stereocenters. The molecule has 1 fully saturated rings. The van der Waals surface area contributed by atoms with Crippen LogP contribution in [0.3, 0.4) is 0 Å². The molecule has 0 aromatic carbocycles. The molecule has 0 amide bonds. The Bertz CT molecular complexity index is 142. The van der Waals surface area contributed by atoms with Crippen LogP contribution in [0.5, 0.6) is 0 Å². The van der Waals surface area contributed by atoms with Gasteiger partial charge in [-0.05, 0) is 45.8 Å². The van der Waals surface area contributed by atoms with Gasteiger partial charge in [0.05, 0.1) is 5.60 Å². The summed E-state index contributed by atoms with van der Waals surface area (Å²) in [5, 5.41) is 17.0. The van der Waals surface area contributed by atoms with Crippen LogP contribution < -0.4 is 10.6 Å². The summed E-state index contributed by atoms with van der Waals surface area (Å²) in [4.78, 5) is 0. The molecule has 0 aromatic heterocycles. The van der Waals surface area contributed by atoms with Crippen molar-refractivity contribution in [3.8, 4) is 0 Å². The zero-order valence-corrected chi connectivity index (χ0v) is 8.77. The predicted octanol–water partition coefficient (Wildman–Crippen LogP) is 0.489. The molecule has 1 aliphatic rings. The second-order valence-corrected chi connectivity index (χ2v) is 3.99. The van der Waals surface area contributed by atoms with Crippen molar-refractivity contribution in [1.82, 2.24) is 10.6 Å². The lowest BCUT2D eigenvalue weighted by atomic mass is 9.88. The zero-order valence-electron chi connectivity index (χ0n) is 8.77. The second-order valence-electron chi connectivity index (χ2n) is 3.99. The van der Waals surface area contributed by atoms with Crippen LogP contribution in [0.25, 0.3) is 0 Å². The lowest BCUT2D eigenvalue weighted by molar-refractivity contribution is -0.00325. The third-order valence-corrected chi connectivity index (χ3v) is 3.01. The summed E-state index contributed by atoms with van der Waals surface area (Å²) >= 11 is 0. The van der Waals surface area contributed by atoms with Gasteiger partial charge < -0.3 is 15.7 Å². The van der Waals surface area contributed by atoms with Gasteiger partial charge in [-0.1, -0.05) is 6.92 Å². The summed E-state index contributed by atoms with van der Waals surface area (Å²) in [5.74, 6) is 0. The van der Waals surface area contributed by atoms with Crippen molar-refractivity contribution in [2.45, 2.75) is 44.8 Å². The lowest BCUT2D eigenvalue weighted by Crippen LogP contribution is -2.49. The lowest BCUT2D eigenvalue weighted by Gasteiger charge is -2.33. The van der Waals surface area contributed by atoms with E-state index in [9.17, 15) is 5.11 Å². The van der Waals surface area contributed by atoms with Gasteiger partial charge in [-0.3, -0.25) is 0 Å². The van der Waals surface area contributed by atoms with E-state index in [1.807, 2.05) is 0 Å². The van der Waals surface area contributed by atoms with Crippen molar-refractivity contribution in [1.29, 1.82) is 0 Å². The van der Waals surface area contributed by atoms with E-state index in [-0.39, 0.29) is 6.04 Å². The highest BCUT2D eigenvalue weighted by atomic mass is 16.3. The largest absolute Gasteiger partial charge is 0.388 e. The van der Waals surface area contributed by atoms with Crippen LogP contribution in [0.1, 0.15) is 33.1 Å². The maximum Gasteiger partial charge on any atom is 0.0809 e. The minimum atomic E-state index is -0.500. The van der Waals surface area contributed by atoms with E-state index in [1.165, 1.54) is 0 Å². The van der Waals surface area contributed by atoms with Crippen molar-refractivity contribution in [3.05, 3.63) is 0 Å². The monoisotopic (exact) mass is 186 g/mol. The van der Waals surface area contributed by atoms with E-state index >= 15 is 0 Å². The summed E-state index contributed by atoms with van der Waals surface area (Å²) in [6, 6.07) is 0.206. The van der Waals surface area contributed by atoms with E-state index < -0.39 is 5.60 Å². The fourth-order valence-corrected chi connectivity index (χ4v) is 2.00. The van der Waals surface area contributed by atoms with Crippen molar-refractivity contribution < 1.29 is 5.11 Å². The molecule has 13 heavy (non-hydrogen) atoms. The van der Waals surface area contributed by atoms with E-state index in [4.69, 9.17) is 0 Å². The molecule has 3 heteroatoms. The third kappa shape index (κ3) is 2.93. The molecule has 1 aliphatic heterocycles. The van der Waals surface area contributed by atoms with Gasteiger partial charge >= 0.3 is 0 Å². The molecule has 0 spiro atoms. The first kappa shape index (κ1) is 11.0. The molecule has 0 aromatic rings. The quantitative estimate of drug-likeness (QED) is 0.601. The minimum Gasteiger partial charge on any atom is -0.388 e. The average molecular weight is 186 g/mol. The molecule has 1 saturated heterocycles. The van der Waals surface area contributed by atoms with E-state index in [0.717, 1.165) is 38.9 Å². The van der Waals surface area contributed by atoms with E-state index in [2.05, 4.69) is 24.5 Å². The molecular weight excluding hydrogens is 164 g/mol. The van der Waals surface area contributed by atoms with Crippen LogP contribution in [0.15, 0.2) is 0 Å². The summed E-state index contributed by atoms with van der Waals surface area (Å²) in [6.07, 6.45) is 2.85. The van der Waals surface area contributed by atoms with E-state index in [1.54, 1.807) is 0 Å². The molecular formula is C10H22N2O. The Morgan fingerprint density at radius 1 is 1.46 bits per heavy atom. The molecule has 0 saturated carbocycles. The standard InChI is InChI=1S/C10H22N2O/c1-3-12-9(2)10(13)5-4-7-11-8-6-10/h9,11-13H,3-8H2,1-2H3. The van der Waals surface area contributed by atoms with Crippen molar-refractivity contribution >= 4 is 0 Å². The highest BCUT2D eigenvalue weighted by Crippen LogP contribution is 2.23. The van der Waals surface area contributed by atoms with Gasteiger partial charge in [0.1, 0.15) is 0 Å². The Morgan fingerprint density at radius 2 is 2.23 bits per heavy atom. The van der Waals surface area contributed by atoms with Gasteiger partial charge in [-0.2, -0.15) is 0 Å². The van der Waals surface area contributed by atoms with Gasteiger partial charge in [0.2, 0.25) is 0 Å². The molecule has 3 N–H and O–H groups in total. The molecule has 3 nitrogen and oxygen atoms in total. The summed E-state index contributed by atoms with van der Waals surface area (Å²) in [5.41, 5.74) is -0.500. The van der Waals surface area contributed by atoms with Crippen molar-refractivity contribution in [3.63, 3.8) is 0 Å². The Hall–Kier alpha value is -0.120. The Morgan fingerprint density at radius 3 is 2.92 bits per heavy atom. The molecule has 0 radical (unpaired) electrons. The first-order valence-corrected chi connectivity index (χ1v) is 5.35. The second kappa shape index (κ2) is 4.94. The Labute approximate surface area is 80.9 Å². The number of rotatable bonds is 3. The third-order valence-electron chi connectivity index (χ3n) is 3.01. The van der Waals surface area contributed by atoms with Gasteiger partial charge in [-0.15, -0.1) is 0 Å². The van der Waals surface area contributed by atoms with Crippen LogP contribution in [0.2, 0.25) is 0 Å². The number of aliphatic hydroxyl groups is 1. The van der Waals surface area contributed by atoms with Crippen LogP contribution in [-0.4, -0.2) is 36.4 Å². The molecule has 0 bridgehead atoms. The fraction of sp³-hybridized carbons (Fsp3) is 1.00. The van der Waals surface area contributed by atoms with Crippen LogP contribution in [0.4, 0.5) is 0 Å². The maximum absolute atomic E-state index is 10.3. The van der Waals surface area contributed by atoms with Gasteiger partial charge in [-0.25, -0.2) is 0 Å².